The van der Waals surface area contributed by atoms with Gasteiger partial charge in [0.2, 0.25) is 0 Å². The molecule has 0 aliphatic heterocycles. The Morgan fingerprint density at radius 2 is 2.00 bits per heavy atom. The first-order chi connectivity index (χ1) is 4.90. The number of rotatable bonds is 1. The van der Waals surface area contributed by atoms with Crippen LogP contribution in [0, 0.1) is 5.41 Å². The summed E-state index contributed by atoms with van der Waals surface area (Å²) in [5, 5.41) is 8.53. The highest BCUT2D eigenvalue weighted by molar-refractivity contribution is 5.76. The Morgan fingerprint density at radius 1 is 1.45 bits per heavy atom. The van der Waals surface area contributed by atoms with Crippen molar-refractivity contribution in [2.24, 2.45) is 5.41 Å². The van der Waals surface area contributed by atoms with E-state index >= 15 is 0 Å². The molecular weight excluding hydrogens is 154 g/mol. The molecule has 0 unspecified atom stereocenters. The second-order valence-corrected chi connectivity index (χ2v) is 3.20. The van der Waals surface area contributed by atoms with Crippen LogP contribution in [0.15, 0.2) is 0 Å². The Balaban J connectivity index is 2.93. The Labute approximate surface area is 63.2 Å². The molecular formula is C7H10F2O2. The Bertz CT molecular complexity index is 191. The van der Waals surface area contributed by atoms with E-state index in [1.54, 1.807) is 0 Å². The van der Waals surface area contributed by atoms with Crippen LogP contribution in [0.4, 0.5) is 8.78 Å². The summed E-state index contributed by atoms with van der Waals surface area (Å²) >= 11 is 0. The van der Waals surface area contributed by atoms with Gasteiger partial charge in [0.05, 0.1) is 0 Å². The lowest BCUT2D eigenvalue weighted by Crippen LogP contribution is -2.40. The second kappa shape index (κ2) is 2.16. The van der Waals surface area contributed by atoms with E-state index in [9.17, 15) is 13.6 Å². The predicted octanol–water partition coefficient (Wildman–Crippen LogP) is 1.90. The maximum absolute atomic E-state index is 12.9. The SMILES string of the molecule is C[C@]1(C(=O)O)CCCC1(F)F. The average Bonchev–Trinajstić information content (AvgIpc) is 2.09. The zero-order valence-corrected chi connectivity index (χ0v) is 6.23. The number of aliphatic carboxylic acids is 1. The molecule has 4 heteroatoms. The fourth-order valence-corrected chi connectivity index (χ4v) is 1.39. The lowest BCUT2D eigenvalue weighted by molar-refractivity contribution is -0.169. The van der Waals surface area contributed by atoms with Gasteiger partial charge in [-0.2, -0.15) is 0 Å². The third-order valence-electron chi connectivity index (χ3n) is 2.45. The summed E-state index contributed by atoms with van der Waals surface area (Å²) in [5.41, 5.74) is -1.83. The lowest BCUT2D eigenvalue weighted by Gasteiger charge is -2.25. The first kappa shape index (κ1) is 8.43. The van der Waals surface area contributed by atoms with Gasteiger partial charge in [0.25, 0.3) is 5.92 Å². The number of hydrogen-bond donors (Lipinski definition) is 1. The van der Waals surface area contributed by atoms with E-state index < -0.39 is 17.3 Å². The standard InChI is InChI=1S/C7H10F2O2/c1-6(5(10)11)3-2-4-7(6,8)9/h2-4H2,1H3,(H,10,11)/t6-/m1/s1. The molecule has 1 N–H and O–H groups in total. The molecule has 64 valence electrons. The first-order valence-electron chi connectivity index (χ1n) is 3.51. The van der Waals surface area contributed by atoms with Crippen LogP contribution in [-0.4, -0.2) is 17.0 Å². The Kier molecular flexibility index (Phi) is 1.65. The van der Waals surface area contributed by atoms with E-state index in [-0.39, 0.29) is 12.8 Å². The Hall–Kier alpha value is -0.670. The fourth-order valence-electron chi connectivity index (χ4n) is 1.39. The summed E-state index contributed by atoms with van der Waals surface area (Å²) in [6.07, 6.45) is 0.0843. The van der Waals surface area contributed by atoms with Gasteiger partial charge in [-0.05, 0) is 19.8 Å². The lowest BCUT2D eigenvalue weighted by atomic mass is 9.86. The summed E-state index contributed by atoms with van der Waals surface area (Å²) in [4.78, 5) is 10.5. The molecule has 0 aromatic carbocycles. The van der Waals surface area contributed by atoms with Crippen LogP contribution in [-0.2, 0) is 4.79 Å². The molecule has 0 radical (unpaired) electrons. The van der Waals surface area contributed by atoms with Gasteiger partial charge in [0, 0.05) is 6.42 Å². The highest BCUT2D eigenvalue weighted by Crippen LogP contribution is 2.50. The van der Waals surface area contributed by atoms with Crippen molar-refractivity contribution in [2.75, 3.05) is 0 Å². The van der Waals surface area contributed by atoms with Crippen molar-refractivity contribution in [3.63, 3.8) is 0 Å². The van der Waals surface area contributed by atoms with Crippen molar-refractivity contribution >= 4 is 5.97 Å². The summed E-state index contributed by atoms with van der Waals surface area (Å²) in [6.45, 7) is 1.11. The van der Waals surface area contributed by atoms with Crippen LogP contribution in [0.5, 0.6) is 0 Å². The molecule has 1 rings (SSSR count). The molecule has 1 fully saturated rings. The van der Waals surface area contributed by atoms with Crippen LogP contribution in [0.1, 0.15) is 26.2 Å². The molecule has 1 aliphatic rings. The maximum atomic E-state index is 12.9. The van der Waals surface area contributed by atoms with Gasteiger partial charge in [-0.25, -0.2) is 8.78 Å². The molecule has 1 aliphatic carbocycles. The van der Waals surface area contributed by atoms with E-state index in [4.69, 9.17) is 5.11 Å². The molecule has 1 saturated carbocycles. The third kappa shape index (κ3) is 1.01. The third-order valence-corrected chi connectivity index (χ3v) is 2.45. The largest absolute Gasteiger partial charge is 0.481 e. The predicted molar refractivity (Wildman–Crippen MR) is 34.5 cm³/mol. The topological polar surface area (TPSA) is 37.3 Å². The van der Waals surface area contributed by atoms with Crippen molar-refractivity contribution in [3.05, 3.63) is 0 Å². The van der Waals surface area contributed by atoms with Gasteiger partial charge in [-0.15, -0.1) is 0 Å². The smallest absolute Gasteiger partial charge is 0.315 e. The molecule has 0 bridgehead atoms. The van der Waals surface area contributed by atoms with Crippen LogP contribution >= 0.6 is 0 Å². The van der Waals surface area contributed by atoms with Crippen LogP contribution in [0.3, 0.4) is 0 Å². The maximum Gasteiger partial charge on any atom is 0.315 e. The summed E-state index contributed by atoms with van der Waals surface area (Å²) in [6, 6.07) is 0. The summed E-state index contributed by atoms with van der Waals surface area (Å²) in [7, 11) is 0. The number of carbonyl (C=O) groups is 1. The van der Waals surface area contributed by atoms with Crippen molar-refractivity contribution < 1.29 is 18.7 Å². The minimum Gasteiger partial charge on any atom is -0.481 e. The second-order valence-electron chi connectivity index (χ2n) is 3.20. The van der Waals surface area contributed by atoms with Crippen molar-refractivity contribution in [1.29, 1.82) is 0 Å². The number of hydrogen-bond acceptors (Lipinski definition) is 1. The van der Waals surface area contributed by atoms with E-state index in [1.165, 1.54) is 0 Å². The normalized spacial score (nSPS) is 35.5. The molecule has 0 heterocycles. The summed E-state index contributed by atoms with van der Waals surface area (Å²) in [5.74, 6) is -4.42. The van der Waals surface area contributed by atoms with Gasteiger partial charge in [0.15, 0.2) is 0 Å². The molecule has 0 amide bonds. The van der Waals surface area contributed by atoms with Crippen molar-refractivity contribution in [1.82, 2.24) is 0 Å². The minimum absolute atomic E-state index is 0.0787. The van der Waals surface area contributed by atoms with Crippen molar-refractivity contribution in [3.8, 4) is 0 Å². The van der Waals surface area contributed by atoms with E-state index in [1.807, 2.05) is 0 Å². The van der Waals surface area contributed by atoms with Gasteiger partial charge >= 0.3 is 5.97 Å². The summed E-state index contributed by atoms with van der Waals surface area (Å²) < 4.78 is 25.7. The molecule has 1 atom stereocenters. The number of halogens is 2. The molecule has 11 heavy (non-hydrogen) atoms. The Morgan fingerprint density at radius 3 is 2.18 bits per heavy atom. The zero-order valence-electron chi connectivity index (χ0n) is 6.23. The average molecular weight is 164 g/mol. The quantitative estimate of drug-likeness (QED) is 0.642. The number of carboxylic acids is 1. The molecule has 2 nitrogen and oxygen atoms in total. The van der Waals surface area contributed by atoms with E-state index in [2.05, 4.69) is 0 Å². The van der Waals surface area contributed by atoms with Gasteiger partial charge in [-0.3, -0.25) is 4.79 Å². The van der Waals surface area contributed by atoms with Gasteiger partial charge < -0.3 is 5.11 Å². The first-order valence-corrected chi connectivity index (χ1v) is 3.51. The molecule has 0 aromatic heterocycles. The van der Waals surface area contributed by atoms with Gasteiger partial charge in [-0.1, -0.05) is 0 Å². The van der Waals surface area contributed by atoms with Crippen LogP contribution in [0.25, 0.3) is 0 Å². The van der Waals surface area contributed by atoms with Crippen molar-refractivity contribution in [2.45, 2.75) is 32.1 Å². The molecule has 0 aromatic rings. The van der Waals surface area contributed by atoms with E-state index in [0.29, 0.717) is 6.42 Å². The minimum atomic E-state index is -3.03. The van der Waals surface area contributed by atoms with Crippen LogP contribution < -0.4 is 0 Å². The van der Waals surface area contributed by atoms with E-state index in [0.717, 1.165) is 6.92 Å². The number of carboxylic acid groups (broad SMARTS) is 1. The highest BCUT2D eigenvalue weighted by atomic mass is 19.3. The number of alkyl halides is 2. The zero-order chi connectivity index (χ0) is 8.70. The fraction of sp³-hybridized carbons (Fsp3) is 0.857. The molecule has 0 saturated heterocycles. The molecule has 0 spiro atoms. The van der Waals surface area contributed by atoms with Crippen LogP contribution in [0.2, 0.25) is 0 Å². The van der Waals surface area contributed by atoms with Gasteiger partial charge in [0.1, 0.15) is 5.41 Å². The highest BCUT2D eigenvalue weighted by Gasteiger charge is 2.58. The monoisotopic (exact) mass is 164 g/mol.